The lowest BCUT2D eigenvalue weighted by atomic mass is 10.1. The smallest absolute Gasteiger partial charge is 0.412 e. The number of nitrogens with two attached hydrogens (primary N) is 2. The van der Waals surface area contributed by atoms with E-state index in [1.165, 1.54) is 29.1 Å². The van der Waals surface area contributed by atoms with Crippen LogP contribution >= 0.6 is 0 Å². The third-order valence-electron chi connectivity index (χ3n) is 9.21. The van der Waals surface area contributed by atoms with Crippen molar-refractivity contribution >= 4 is 69.5 Å². The molecule has 0 fully saturated rings. The molecule has 6 rings (SSSR count). The molecule has 5 heterocycles. The maximum atomic E-state index is 14.2. The molecule has 1 aromatic carbocycles. The first-order valence-electron chi connectivity index (χ1n) is 19.6. The standard InChI is InChI=1S/C40H48N14O8/c1-8-53-27(16-21(3)49-53)35(58)47-38-45-26-18-24(33(42)57)20-43-34(26)52(38)13-11-10-12-51-30-25(17-23(32(41)56)19-28(30)61-15-14-55)44-37(51)48-36(59)31-29(22(4)50-54(31)9-2)46-39(60)62-40(5,6)7/h10-11,16-20,55H,8-9,12-15H2,1-7H3,(H2,41,56)(H2,42,57)(H,46,60)(H,44,48,59)(H,45,47,58)/b11-10+. The number of ether oxygens (including phenoxy) is 2. The van der Waals surface area contributed by atoms with Crippen LogP contribution in [0.15, 0.2) is 42.6 Å². The van der Waals surface area contributed by atoms with Crippen molar-refractivity contribution < 1.29 is 38.6 Å². The minimum absolute atomic E-state index is 0.0133. The number of carbonyl (C=O) groups is 5. The van der Waals surface area contributed by atoms with Crippen molar-refractivity contribution in [1.29, 1.82) is 0 Å². The number of pyridine rings is 1. The van der Waals surface area contributed by atoms with E-state index in [4.69, 9.17) is 20.9 Å². The van der Waals surface area contributed by atoms with Crippen molar-refractivity contribution in [2.45, 2.75) is 80.2 Å². The highest BCUT2D eigenvalue weighted by Gasteiger charge is 2.28. The normalized spacial score (nSPS) is 11.7. The average molecular weight is 853 g/mol. The molecule has 0 aliphatic carbocycles. The highest BCUT2D eigenvalue weighted by atomic mass is 16.6. The molecule has 22 nitrogen and oxygen atoms in total. The van der Waals surface area contributed by atoms with Gasteiger partial charge in [-0.2, -0.15) is 10.2 Å². The summed E-state index contributed by atoms with van der Waals surface area (Å²) in [5.41, 5.74) is 13.2. The monoisotopic (exact) mass is 852 g/mol. The summed E-state index contributed by atoms with van der Waals surface area (Å²) >= 11 is 0. The Labute approximate surface area is 354 Å². The number of nitrogens with zero attached hydrogens (tertiary/aromatic N) is 9. The second kappa shape index (κ2) is 17.9. The molecule has 0 spiro atoms. The molecule has 0 atom stereocenters. The van der Waals surface area contributed by atoms with Gasteiger partial charge in [0.15, 0.2) is 11.3 Å². The van der Waals surface area contributed by atoms with Gasteiger partial charge >= 0.3 is 6.09 Å². The van der Waals surface area contributed by atoms with E-state index < -0.39 is 35.3 Å². The van der Waals surface area contributed by atoms with E-state index in [0.717, 1.165) is 0 Å². The highest BCUT2D eigenvalue weighted by molar-refractivity contribution is 6.09. The summed E-state index contributed by atoms with van der Waals surface area (Å²) in [6.07, 6.45) is 4.03. The number of aryl methyl sites for hydroxylation is 4. The lowest BCUT2D eigenvalue weighted by Gasteiger charge is -2.20. The van der Waals surface area contributed by atoms with Gasteiger partial charge in [0.25, 0.3) is 11.8 Å². The number of aromatic nitrogens is 9. The predicted octanol–water partition coefficient (Wildman–Crippen LogP) is 3.51. The second-order valence-corrected chi connectivity index (χ2v) is 14.9. The molecule has 22 heteroatoms. The fourth-order valence-corrected chi connectivity index (χ4v) is 6.58. The molecule has 0 unspecified atom stereocenters. The van der Waals surface area contributed by atoms with Crippen molar-refractivity contribution in [2.24, 2.45) is 11.5 Å². The number of carbonyl (C=O) groups excluding carboxylic acids is 5. The molecule has 0 aliphatic rings. The lowest BCUT2D eigenvalue weighted by molar-refractivity contribution is 0.0635. The van der Waals surface area contributed by atoms with Crippen LogP contribution in [0.1, 0.15) is 87.7 Å². The first kappa shape index (κ1) is 43.9. The zero-order valence-electron chi connectivity index (χ0n) is 35.3. The summed E-state index contributed by atoms with van der Waals surface area (Å²) in [5.74, 6) is -2.32. The Balaban J connectivity index is 1.39. The zero-order valence-corrected chi connectivity index (χ0v) is 35.3. The van der Waals surface area contributed by atoms with Crippen LogP contribution < -0.4 is 32.2 Å². The topological polar surface area (TPSA) is 296 Å². The maximum Gasteiger partial charge on any atom is 0.412 e. The number of anilines is 3. The molecule has 0 aliphatic heterocycles. The van der Waals surface area contributed by atoms with E-state index in [1.807, 2.05) is 6.92 Å². The van der Waals surface area contributed by atoms with Crippen LogP contribution in [0, 0.1) is 13.8 Å². The maximum absolute atomic E-state index is 14.2. The molecule has 8 N–H and O–H groups in total. The van der Waals surface area contributed by atoms with Gasteiger partial charge in [-0.3, -0.25) is 49.1 Å². The van der Waals surface area contributed by atoms with Crippen LogP contribution in [0.5, 0.6) is 5.75 Å². The van der Waals surface area contributed by atoms with Gasteiger partial charge in [-0.15, -0.1) is 0 Å². The predicted molar refractivity (Wildman–Crippen MR) is 227 cm³/mol. The quantitative estimate of drug-likeness (QED) is 0.0761. The first-order valence-corrected chi connectivity index (χ1v) is 19.6. The van der Waals surface area contributed by atoms with Crippen LogP contribution in [-0.2, 0) is 30.9 Å². The Morgan fingerprint density at radius 3 is 2.08 bits per heavy atom. The molecule has 5 amide bonds. The fraction of sp³-hybridized carbons (Fsp3) is 0.350. The van der Waals surface area contributed by atoms with E-state index in [0.29, 0.717) is 40.3 Å². The largest absolute Gasteiger partial charge is 0.489 e. The molecule has 326 valence electrons. The van der Waals surface area contributed by atoms with Gasteiger partial charge in [-0.05, 0) is 72.7 Å². The number of fused-ring (bicyclic) bond motifs is 2. The average Bonchev–Trinajstić information content (AvgIpc) is 3.95. The molecular formula is C40H48N14O8. The molecule has 0 saturated heterocycles. The lowest BCUT2D eigenvalue weighted by Crippen LogP contribution is -2.28. The van der Waals surface area contributed by atoms with Crippen molar-refractivity contribution in [3.05, 3.63) is 76.5 Å². The van der Waals surface area contributed by atoms with E-state index in [2.05, 4.69) is 41.1 Å². The van der Waals surface area contributed by atoms with Crippen LogP contribution in [0.25, 0.3) is 22.2 Å². The van der Waals surface area contributed by atoms with Gasteiger partial charge in [-0.1, -0.05) is 12.2 Å². The molecule has 0 saturated carbocycles. The summed E-state index contributed by atoms with van der Waals surface area (Å²) in [5, 5.41) is 26.8. The molecule has 5 aromatic heterocycles. The van der Waals surface area contributed by atoms with Gasteiger partial charge < -0.3 is 30.6 Å². The van der Waals surface area contributed by atoms with Crippen molar-refractivity contribution in [3.8, 4) is 5.75 Å². The van der Waals surface area contributed by atoms with Crippen molar-refractivity contribution in [1.82, 2.24) is 43.6 Å². The summed E-state index contributed by atoms with van der Waals surface area (Å²) < 4.78 is 17.5. The van der Waals surface area contributed by atoms with Gasteiger partial charge in [0.1, 0.15) is 34.7 Å². The van der Waals surface area contributed by atoms with Gasteiger partial charge in [-0.25, -0.2) is 19.7 Å². The molecular weight excluding hydrogens is 805 g/mol. The van der Waals surface area contributed by atoms with E-state index >= 15 is 0 Å². The van der Waals surface area contributed by atoms with Gasteiger partial charge in [0.05, 0.1) is 34.8 Å². The second-order valence-electron chi connectivity index (χ2n) is 14.9. The minimum atomic E-state index is -0.816. The van der Waals surface area contributed by atoms with Crippen LogP contribution in [0.2, 0.25) is 0 Å². The number of primary amides is 2. The van der Waals surface area contributed by atoms with Crippen LogP contribution in [0.3, 0.4) is 0 Å². The number of rotatable bonds is 16. The minimum Gasteiger partial charge on any atom is -0.489 e. The Morgan fingerprint density at radius 1 is 0.806 bits per heavy atom. The SMILES string of the molecule is CCn1nc(C)cc1C(=O)Nc1nc2cc(C(N)=O)cnc2n1C/C=C/Cn1c(NC(=O)c2c(NC(=O)OC(C)(C)C)c(C)nn2CC)nc2cc(C(N)=O)cc(OCCO)c21. The summed E-state index contributed by atoms with van der Waals surface area (Å²) in [4.78, 5) is 78.6. The number of hydrogen-bond donors (Lipinski definition) is 6. The Bertz CT molecular complexity index is 2750. The van der Waals surface area contributed by atoms with E-state index in [1.54, 1.807) is 73.6 Å². The van der Waals surface area contributed by atoms with Gasteiger partial charge in [0.2, 0.25) is 23.7 Å². The van der Waals surface area contributed by atoms with Crippen molar-refractivity contribution in [3.63, 3.8) is 0 Å². The summed E-state index contributed by atoms with van der Waals surface area (Å²) in [6, 6.07) is 5.99. The van der Waals surface area contributed by atoms with Crippen LogP contribution in [-0.4, -0.2) is 97.3 Å². The number of benzene rings is 1. The zero-order chi connectivity index (χ0) is 45.0. The molecule has 6 aromatic rings. The first-order chi connectivity index (χ1) is 29.4. The Morgan fingerprint density at radius 2 is 1.44 bits per heavy atom. The summed E-state index contributed by atoms with van der Waals surface area (Å²) in [6.45, 7) is 12.6. The number of nitrogens with one attached hydrogen (secondary N) is 3. The Kier molecular flexibility index (Phi) is 12.7. The van der Waals surface area contributed by atoms with E-state index in [-0.39, 0.29) is 78.5 Å². The third-order valence-corrected chi connectivity index (χ3v) is 9.21. The fourth-order valence-electron chi connectivity index (χ4n) is 6.58. The number of allylic oxidation sites excluding steroid dienone is 2. The number of hydrogen-bond acceptors (Lipinski definition) is 13. The molecule has 0 radical (unpaired) electrons. The number of aliphatic hydroxyl groups excluding tert-OH is 1. The number of amides is 5. The third kappa shape index (κ3) is 9.39. The highest BCUT2D eigenvalue weighted by Crippen LogP contribution is 2.32. The molecule has 62 heavy (non-hydrogen) atoms. The van der Waals surface area contributed by atoms with E-state index in [9.17, 15) is 29.1 Å². The number of imidazole rings is 2. The Hall–Kier alpha value is -7.62. The van der Waals surface area contributed by atoms with Crippen LogP contribution in [0.4, 0.5) is 22.4 Å². The van der Waals surface area contributed by atoms with Crippen molar-refractivity contribution in [2.75, 3.05) is 29.2 Å². The number of aliphatic hydroxyl groups is 1. The van der Waals surface area contributed by atoms with Gasteiger partial charge in [0, 0.05) is 37.9 Å². The molecule has 0 bridgehead atoms. The summed E-state index contributed by atoms with van der Waals surface area (Å²) in [7, 11) is 0.